The van der Waals surface area contributed by atoms with E-state index in [4.69, 9.17) is 9.15 Å². The maximum absolute atomic E-state index is 5.30. The molecule has 2 N–H and O–H groups in total. The van der Waals surface area contributed by atoms with Crippen molar-refractivity contribution in [3.05, 3.63) is 54.0 Å². The van der Waals surface area contributed by atoms with Crippen molar-refractivity contribution in [2.24, 2.45) is 4.99 Å². The number of nitrogens with zero attached hydrogens (tertiary/aromatic N) is 4. The standard InChI is InChI=1S/C19H24N6O2.HI/c1-20-19(25(2)13-14-6-8-15(26-3)9-7-14)21-11-10-17-22-18(24-23-17)16-5-4-12-27-16;/h4-9,12H,10-11,13H2,1-3H3,(H,20,21)(H,22,23,24);1H. The average molecular weight is 496 g/mol. The van der Waals surface area contributed by atoms with Crippen LogP contribution in [0.4, 0.5) is 0 Å². The number of halogens is 1. The van der Waals surface area contributed by atoms with Gasteiger partial charge in [-0.3, -0.25) is 10.1 Å². The van der Waals surface area contributed by atoms with Gasteiger partial charge in [0.2, 0.25) is 5.82 Å². The van der Waals surface area contributed by atoms with Gasteiger partial charge in [-0.2, -0.15) is 5.10 Å². The first-order valence-corrected chi connectivity index (χ1v) is 8.69. The number of hydrogen-bond acceptors (Lipinski definition) is 5. The summed E-state index contributed by atoms with van der Waals surface area (Å²) in [6.45, 7) is 1.43. The molecule has 3 aromatic rings. The molecule has 28 heavy (non-hydrogen) atoms. The molecule has 9 heteroatoms. The molecule has 2 heterocycles. The summed E-state index contributed by atoms with van der Waals surface area (Å²) in [5.74, 6) is 3.68. The number of aliphatic imine (C=N–C) groups is 1. The van der Waals surface area contributed by atoms with E-state index in [1.807, 2.05) is 43.4 Å². The Labute approximate surface area is 181 Å². The van der Waals surface area contributed by atoms with Crippen molar-refractivity contribution in [2.75, 3.05) is 27.7 Å². The lowest BCUT2D eigenvalue weighted by Crippen LogP contribution is -2.39. The van der Waals surface area contributed by atoms with Gasteiger partial charge >= 0.3 is 0 Å². The molecule has 0 atom stereocenters. The molecular weight excluding hydrogens is 471 g/mol. The van der Waals surface area contributed by atoms with Gasteiger partial charge in [-0.15, -0.1) is 24.0 Å². The number of methoxy groups -OCH3 is 1. The molecule has 0 aliphatic heterocycles. The van der Waals surface area contributed by atoms with E-state index in [0.29, 0.717) is 24.6 Å². The van der Waals surface area contributed by atoms with Crippen molar-refractivity contribution in [3.8, 4) is 17.3 Å². The second-order valence-electron chi connectivity index (χ2n) is 6.01. The third-order valence-electron chi connectivity index (χ3n) is 4.07. The molecule has 3 rings (SSSR count). The van der Waals surface area contributed by atoms with Crippen LogP contribution >= 0.6 is 24.0 Å². The number of aromatic amines is 1. The molecule has 0 spiro atoms. The van der Waals surface area contributed by atoms with Gasteiger partial charge in [0.1, 0.15) is 11.6 Å². The smallest absolute Gasteiger partial charge is 0.216 e. The fourth-order valence-electron chi connectivity index (χ4n) is 2.68. The van der Waals surface area contributed by atoms with Crippen molar-refractivity contribution >= 4 is 29.9 Å². The zero-order valence-corrected chi connectivity index (χ0v) is 18.5. The molecule has 0 aliphatic carbocycles. The minimum Gasteiger partial charge on any atom is -0.497 e. The van der Waals surface area contributed by atoms with Gasteiger partial charge in [0, 0.05) is 33.6 Å². The van der Waals surface area contributed by atoms with Crippen LogP contribution in [0.5, 0.6) is 5.75 Å². The Balaban J connectivity index is 0.00000280. The van der Waals surface area contributed by atoms with Crippen LogP contribution in [0.3, 0.4) is 0 Å². The normalized spacial score (nSPS) is 11.0. The second-order valence-corrected chi connectivity index (χ2v) is 6.01. The van der Waals surface area contributed by atoms with Crippen LogP contribution in [0.2, 0.25) is 0 Å². The first kappa shape index (κ1) is 21.7. The van der Waals surface area contributed by atoms with Crippen molar-refractivity contribution in [1.82, 2.24) is 25.4 Å². The van der Waals surface area contributed by atoms with Crippen molar-refractivity contribution in [3.63, 3.8) is 0 Å². The molecule has 1 aromatic carbocycles. The van der Waals surface area contributed by atoms with E-state index in [-0.39, 0.29) is 24.0 Å². The monoisotopic (exact) mass is 496 g/mol. The third-order valence-corrected chi connectivity index (χ3v) is 4.07. The van der Waals surface area contributed by atoms with Crippen LogP contribution in [-0.2, 0) is 13.0 Å². The Morgan fingerprint density at radius 3 is 2.71 bits per heavy atom. The van der Waals surface area contributed by atoms with Crippen LogP contribution in [0, 0.1) is 0 Å². The van der Waals surface area contributed by atoms with Gasteiger partial charge in [-0.25, -0.2) is 4.98 Å². The lowest BCUT2D eigenvalue weighted by atomic mass is 10.2. The highest BCUT2D eigenvalue weighted by Gasteiger charge is 2.10. The lowest BCUT2D eigenvalue weighted by molar-refractivity contribution is 0.414. The molecule has 0 saturated heterocycles. The Morgan fingerprint density at radius 2 is 2.07 bits per heavy atom. The van der Waals surface area contributed by atoms with Gasteiger partial charge in [-0.1, -0.05) is 12.1 Å². The van der Waals surface area contributed by atoms with Crippen LogP contribution < -0.4 is 10.1 Å². The number of hydrogen-bond donors (Lipinski definition) is 2. The first-order chi connectivity index (χ1) is 13.2. The van der Waals surface area contributed by atoms with E-state index in [9.17, 15) is 0 Å². The van der Waals surface area contributed by atoms with E-state index in [0.717, 1.165) is 24.1 Å². The highest BCUT2D eigenvalue weighted by atomic mass is 127. The SMILES string of the molecule is CN=C(NCCc1nc(-c2ccco2)n[nH]1)N(C)Cc1ccc(OC)cc1.I. The molecule has 0 aliphatic rings. The highest BCUT2D eigenvalue weighted by molar-refractivity contribution is 14.0. The molecule has 0 bridgehead atoms. The molecule has 0 fully saturated rings. The zero-order chi connectivity index (χ0) is 19.1. The quantitative estimate of drug-likeness (QED) is 0.297. The van der Waals surface area contributed by atoms with E-state index < -0.39 is 0 Å². The number of benzene rings is 1. The van der Waals surface area contributed by atoms with Crippen molar-refractivity contribution < 1.29 is 9.15 Å². The van der Waals surface area contributed by atoms with E-state index in [1.54, 1.807) is 20.4 Å². The molecule has 0 saturated carbocycles. The first-order valence-electron chi connectivity index (χ1n) is 8.69. The van der Waals surface area contributed by atoms with Crippen molar-refractivity contribution in [1.29, 1.82) is 0 Å². The lowest BCUT2D eigenvalue weighted by Gasteiger charge is -2.22. The summed E-state index contributed by atoms with van der Waals surface area (Å²) in [6, 6.07) is 11.7. The summed E-state index contributed by atoms with van der Waals surface area (Å²) in [5, 5.41) is 10.5. The van der Waals surface area contributed by atoms with E-state index in [1.165, 1.54) is 5.56 Å². The third kappa shape index (κ3) is 5.72. The summed E-state index contributed by atoms with van der Waals surface area (Å²) in [5.41, 5.74) is 1.18. The summed E-state index contributed by atoms with van der Waals surface area (Å²) in [6.07, 6.45) is 2.30. The average Bonchev–Trinajstić information content (AvgIpc) is 3.37. The Morgan fingerprint density at radius 1 is 1.29 bits per heavy atom. The number of ether oxygens (including phenoxy) is 1. The number of nitrogens with one attached hydrogen (secondary N) is 2. The Kier molecular flexibility index (Phi) is 8.30. The number of furan rings is 1. The predicted octanol–water partition coefficient (Wildman–Crippen LogP) is 2.94. The summed E-state index contributed by atoms with van der Waals surface area (Å²) in [4.78, 5) is 10.8. The predicted molar refractivity (Wildman–Crippen MR) is 119 cm³/mol. The zero-order valence-electron chi connectivity index (χ0n) is 16.2. The van der Waals surface area contributed by atoms with E-state index in [2.05, 4.69) is 30.4 Å². The minimum atomic E-state index is 0. The number of guanidine groups is 1. The van der Waals surface area contributed by atoms with Crippen LogP contribution in [0.1, 0.15) is 11.4 Å². The maximum atomic E-state index is 5.30. The Hall–Kier alpha value is -2.56. The van der Waals surface area contributed by atoms with Crippen LogP contribution in [0.25, 0.3) is 11.6 Å². The van der Waals surface area contributed by atoms with E-state index >= 15 is 0 Å². The fourth-order valence-corrected chi connectivity index (χ4v) is 2.68. The van der Waals surface area contributed by atoms with Gasteiger partial charge in [0.05, 0.1) is 13.4 Å². The molecule has 8 nitrogen and oxygen atoms in total. The van der Waals surface area contributed by atoms with Crippen LogP contribution in [-0.4, -0.2) is 53.8 Å². The highest BCUT2D eigenvalue weighted by Crippen LogP contribution is 2.14. The van der Waals surface area contributed by atoms with Gasteiger partial charge in [0.25, 0.3) is 0 Å². The maximum Gasteiger partial charge on any atom is 0.216 e. The molecule has 0 unspecified atom stereocenters. The number of H-pyrrole nitrogens is 1. The van der Waals surface area contributed by atoms with Gasteiger partial charge in [0.15, 0.2) is 11.7 Å². The largest absolute Gasteiger partial charge is 0.497 e. The summed E-state index contributed by atoms with van der Waals surface area (Å²) < 4.78 is 10.5. The molecule has 150 valence electrons. The van der Waals surface area contributed by atoms with Crippen LogP contribution in [0.15, 0.2) is 52.1 Å². The Bertz CT molecular complexity index is 861. The fraction of sp³-hybridized carbons (Fsp3) is 0.316. The number of aromatic nitrogens is 3. The molecule has 0 amide bonds. The summed E-state index contributed by atoms with van der Waals surface area (Å²) >= 11 is 0. The van der Waals surface area contributed by atoms with Gasteiger partial charge in [-0.05, 0) is 29.8 Å². The molecule has 0 radical (unpaired) electrons. The number of rotatable bonds is 7. The summed E-state index contributed by atoms with van der Waals surface area (Å²) in [7, 11) is 5.44. The van der Waals surface area contributed by atoms with Crippen molar-refractivity contribution in [2.45, 2.75) is 13.0 Å². The topological polar surface area (TPSA) is 91.6 Å². The molecular formula is C19H25IN6O2. The minimum absolute atomic E-state index is 0. The molecule has 2 aromatic heterocycles. The second kappa shape index (κ2) is 10.7. The van der Waals surface area contributed by atoms with Gasteiger partial charge < -0.3 is 19.4 Å².